The van der Waals surface area contributed by atoms with Gasteiger partial charge < -0.3 is 9.84 Å². The molecule has 0 radical (unpaired) electrons. The second-order valence-corrected chi connectivity index (χ2v) is 2.74. The average molecular weight is 144 g/mol. The van der Waals surface area contributed by atoms with Crippen LogP contribution in [0.5, 0.6) is 0 Å². The highest BCUT2D eigenvalue weighted by Crippen LogP contribution is 2.34. The maximum absolute atomic E-state index is 10.4. The number of rotatable bonds is 4. The predicted octanol–water partition coefficient (Wildman–Crippen LogP) is 0.886. The Morgan fingerprint density at radius 3 is 2.70 bits per heavy atom. The summed E-state index contributed by atoms with van der Waals surface area (Å²) in [4.78, 5) is 10.4. The number of ether oxygens (including phenoxy) is 1. The SMILES string of the molecule is COC(CC1CC1)C(=O)O. The first-order valence-corrected chi connectivity index (χ1v) is 3.49. The number of carboxylic acids is 1. The van der Waals surface area contributed by atoms with Gasteiger partial charge in [0.15, 0.2) is 6.10 Å². The van der Waals surface area contributed by atoms with E-state index in [4.69, 9.17) is 9.84 Å². The summed E-state index contributed by atoms with van der Waals surface area (Å²) in [7, 11) is 1.45. The molecule has 3 heteroatoms. The molecule has 1 aliphatic rings. The van der Waals surface area contributed by atoms with Crippen LogP contribution < -0.4 is 0 Å². The molecule has 0 aromatic carbocycles. The Balaban J connectivity index is 2.24. The van der Waals surface area contributed by atoms with Crippen LogP contribution in [0.2, 0.25) is 0 Å². The van der Waals surface area contributed by atoms with Crippen LogP contribution in [0.15, 0.2) is 0 Å². The standard InChI is InChI=1S/C7H12O3/c1-10-6(7(8)9)4-5-2-3-5/h5-6H,2-4H2,1H3,(H,8,9). The normalized spacial score (nSPS) is 20.5. The lowest BCUT2D eigenvalue weighted by Crippen LogP contribution is -2.22. The molecule has 1 saturated carbocycles. The van der Waals surface area contributed by atoms with Gasteiger partial charge in [0.25, 0.3) is 0 Å². The van der Waals surface area contributed by atoms with Gasteiger partial charge in [-0.25, -0.2) is 4.79 Å². The van der Waals surface area contributed by atoms with E-state index >= 15 is 0 Å². The first-order valence-electron chi connectivity index (χ1n) is 3.49. The zero-order chi connectivity index (χ0) is 7.56. The highest BCUT2D eigenvalue weighted by atomic mass is 16.5. The van der Waals surface area contributed by atoms with Crippen molar-refractivity contribution in [3.05, 3.63) is 0 Å². The Labute approximate surface area is 60.0 Å². The van der Waals surface area contributed by atoms with Crippen LogP contribution in [-0.2, 0) is 9.53 Å². The van der Waals surface area contributed by atoms with Crippen molar-refractivity contribution in [3.63, 3.8) is 0 Å². The van der Waals surface area contributed by atoms with E-state index in [0.717, 1.165) is 0 Å². The first-order chi connectivity index (χ1) is 4.74. The Bertz CT molecular complexity index is 129. The zero-order valence-corrected chi connectivity index (χ0v) is 6.04. The fraction of sp³-hybridized carbons (Fsp3) is 0.857. The number of hydrogen-bond donors (Lipinski definition) is 1. The molecule has 0 saturated heterocycles. The van der Waals surface area contributed by atoms with E-state index in [0.29, 0.717) is 12.3 Å². The van der Waals surface area contributed by atoms with Gasteiger partial charge in [0.05, 0.1) is 0 Å². The smallest absolute Gasteiger partial charge is 0.332 e. The van der Waals surface area contributed by atoms with Crippen LogP contribution in [0.4, 0.5) is 0 Å². The monoisotopic (exact) mass is 144 g/mol. The molecule has 1 aliphatic carbocycles. The zero-order valence-electron chi connectivity index (χ0n) is 6.04. The maximum Gasteiger partial charge on any atom is 0.332 e. The van der Waals surface area contributed by atoms with Crippen LogP contribution >= 0.6 is 0 Å². The van der Waals surface area contributed by atoms with Gasteiger partial charge in [-0.3, -0.25) is 0 Å². The van der Waals surface area contributed by atoms with Gasteiger partial charge in [-0.1, -0.05) is 12.8 Å². The molecule has 1 unspecified atom stereocenters. The summed E-state index contributed by atoms with van der Waals surface area (Å²) in [6.45, 7) is 0. The van der Waals surface area contributed by atoms with E-state index in [9.17, 15) is 4.79 Å². The molecule has 1 fully saturated rings. The molecule has 1 N–H and O–H groups in total. The molecule has 0 bridgehead atoms. The fourth-order valence-electron chi connectivity index (χ4n) is 0.954. The Morgan fingerprint density at radius 1 is 1.80 bits per heavy atom. The van der Waals surface area contributed by atoms with Crippen LogP contribution in [0.1, 0.15) is 19.3 Å². The van der Waals surface area contributed by atoms with E-state index in [1.807, 2.05) is 0 Å². The van der Waals surface area contributed by atoms with Gasteiger partial charge in [0.2, 0.25) is 0 Å². The molecule has 0 spiro atoms. The fourth-order valence-corrected chi connectivity index (χ4v) is 0.954. The van der Waals surface area contributed by atoms with E-state index < -0.39 is 12.1 Å². The summed E-state index contributed by atoms with van der Waals surface area (Å²) in [5.41, 5.74) is 0. The van der Waals surface area contributed by atoms with E-state index in [-0.39, 0.29) is 0 Å². The third-order valence-corrected chi connectivity index (χ3v) is 1.80. The number of carboxylic acid groups (broad SMARTS) is 1. The molecule has 58 valence electrons. The average Bonchev–Trinajstić information content (AvgIpc) is 2.64. The predicted molar refractivity (Wildman–Crippen MR) is 35.8 cm³/mol. The van der Waals surface area contributed by atoms with Crippen LogP contribution in [0, 0.1) is 5.92 Å². The molecular formula is C7H12O3. The van der Waals surface area contributed by atoms with Crippen molar-refractivity contribution in [3.8, 4) is 0 Å². The lowest BCUT2D eigenvalue weighted by atomic mass is 10.2. The van der Waals surface area contributed by atoms with Gasteiger partial charge in [0.1, 0.15) is 0 Å². The van der Waals surface area contributed by atoms with Crippen molar-refractivity contribution in [2.45, 2.75) is 25.4 Å². The molecule has 0 aromatic heterocycles. The third-order valence-electron chi connectivity index (χ3n) is 1.80. The second-order valence-electron chi connectivity index (χ2n) is 2.74. The molecule has 0 amide bonds. The topological polar surface area (TPSA) is 46.5 Å². The highest BCUT2D eigenvalue weighted by molar-refractivity contribution is 5.72. The van der Waals surface area contributed by atoms with Crippen molar-refractivity contribution in [2.75, 3.05) is 7.11 Å². The van der Waals surface area contributed by atoms with Gasteiger partial charge in [-0.15, -0.1) is 0 Å². The van der Waals surface area contributed by atoms with Gasteiger partial charge in [-0.2, -0.15) is 0 Å². The summed E-state index contributed by atoms with van der Waals surface area (Å²) in [6, 6.07) is 0. The van der Waals surface area contributed by atoms with E-state index in [1.165, 1.54) is 20.0 Å². The largest absolute Gasteiger partial charge is 0.479 e. The Kier molecular flexibility index (Phi) is 2.27. The molecule has 0 aromatic rings. The van der Waals surface area contributed by atoms with Crippen molar-refractivity contribution in [2.24, 2.45) is 5.92 Å². The minimum Gasteiger partial charge on any atom is -0.479 e. The summed E-state index contributed by atoms with van der Waals surface area (Å²) in [5.74, 6) is -0.226. The van der Waals surface area contributed by atoms with E-state index in [2.05, 4.69) is 0 Å². The van der Waals surface area contributed by atoms with Crippen molar-refractivity contribution in [1.82, 2.24) is 0 Å². The molecule has 10 heavy (non-hydrogen) atoms. The lowest BCUT2D eigenvalue weighted by molar-refractivity contribution is -0.149. The van der Waals surface area contributed by atoms with Crippen LogP contribution in [0.3, 0.4) is 0 Å². The molecule has 1 rings (SSSR count). The molecular weight excluding hydrogens is 132 g/mol. The number of methoxy groups -OCH3 is 1. The minimum absolute atomic E-state index is 0.576. The summed E-state index contributed by atoms with van der Waals surface area (Å²) >= 11 is 0. The summed E-state index contributed by atoms with van der Waals surface area (Å²) in [5, 5.41) is 8.52. The first kappa shape index (κ1) is 7.54. The van der Waals surface area contributed by atoms with Gasteiger partial charge >= 0.3 is 5.97 Å². The van der Waals surface area contributed by atoms with Gasteiger partial charge in [-0.05, 0) is 12.3 Å². The molecule has 0 heterocycles. The molecule has 1 atom stereocenters. The molecule has 0 aliphatic heterocycles. The minimum atomic E-state index is -0.839. The molecule has 3 nitrogen and oxygen atoms in total. The van der Waals surface area contributed by atoms with Gasteiger partial charge in [0, 0.05) is 7.11 Å². The van der Waals surface area contributed by atoms with Crippen molar-refractivity contribution in [1.29, 1.82) is 0 Å². The number of hydrogen-bond acceptors (Lipinski definition) is 2. The number of carbonyl (C=O) groups is 1. The second kappa shape index (κ2) is 3.01. The van der Waals surface area contributed by atoms with E-state index in [1.54, 1.807) is 0 Å². The van der Waals surface area contributed by atoms with Crippen LogP contribution in [-0.4, -0.2) is 24.3 Å². The highest BCUT2D eigenvalue weighted by Gasteiger charge is 2.28. The van der Waals surface area contributed by atoms with Crippen LogP contribution in [0.25, 0.3) is 0 Å². The maximum atomic E-state index is 10.4. The quantitative estimate of drug-likeness (QED) is 0.637. The summed E-state index contributed by atoms with van der Waals surface area (Å²) < 4.78 is 4.76. The lowest BCUT2D eigenvalue weighted by Gasteiger charge is -2.07. The third kappa shape index (κ3) is 1.99. The van der Waals surface area contributed by atoms with Crippen molar-refractivity contribution >= 4 is 5.97 Å². The summed E-state index contributed by atoms with van der Waals surface area (Å²) in [6.07, 6.45) is 2.46. The Hall–Kier alpha value is -0.570. The van der Waals surface area contributed by atoms with Crippen molar-refractivity contribution < 1.29 is 14.6 Å². The number of aliphatic carboxylic acids is 1. The Morgan fingerprint density at radius 2 is 2.40 bits per heavy atom.